The van der Waals surface area contributed by atoms with E-state index in [0.717, 1.165) is 12.1 Å². The van der Waals surface area contributed by atoms with Gasteiger partial charge in [0.1, 0.15) is 18.3 Å². The summed E-state index contributed by atoms with van der Waals surface area (Å²) in [6.07, 6.45) is -4.61. The van der Waals surface area contributed by atoms with Crippen LogP contribution in [0.15, 0.2) is 54.6 Å². The second-order valence-electron chi connectivity index (χ2n) is 4.60. The van der Waals surface area contributed by atoms with Crippen LogP contribution in [0.5, 0.6) is 5.75 Å². The fourth-order valence-electron chi connectivity index (χ4n) is 2.05. The lowest BCUT2D eigenvalue weighted by molar-refractivity contribution is -0.142. The summed E-state index contributed by atoms with van der Waals surface area (Å²) in [5, 5.41) is 9.25. The number of para-hydroxylation sites is 1. The minimum absolute atomic E-state index is 0.307. The second kappa shape index (κ2) is 6.51. The highest BCUT2D eigenvalue weighted by Crippen LogP contribution is 2.35. The largest absolute Gasteiger partial charge is 0.492 e. The average molecular weight is 310 g/mol. The van der Waals surface area contributed by atoms with E-state index >= 15 is 0 Å². The Kier molecular flexibility index (Phi) is 4.70. The van der Waals surface area contributed by atoms with E-state index in [1.54, 1.807) is 30.3 Å². The van der Waals surface area contributed by atoms with Crippen LogP contribution in [0.25, 0.3) is 0 Å². The van der Waals surface area contributed by atoms with Gasteiger partial charge in [0.2, 0.25) is 0 Å². The van der Waals surface area contributed by atoms with Gasteiger partial charge in [0, 0.05) is 0 Å². The van der Waals surface area contributed by atoms with E-state index < -0.39 is 23.6 Å². The van der Waals surface area contributed by atoms with Crippen molar-refractivity contribution in [2.45, 2.75) is 12.1 Å². The Hall–Kier alpha value is -2.50. The summed E-state index contributed by atoms with van der Waals surface area (Å²) in [5.74, 6) is -2.37. The van der Waals surface area contributed by atoms with E-state index in [-0.39, 0.29) is 12.2 Å². The molecule has 2 rings (SSSR count). The van der Waals surface area contributed by atoms with Gasteiger partial charge in [-0.2, -0.15) is 13.2 Å². The van der Waals surface area contributed by atoms with Crippen molar-refractivity contribution >= 4 is 5.97 Å². The minimum atomic E-state index is -4.61. The van der Waals surface area contributed by atoms with Crippen molar-refractivity contribution in [3.8, 4) is 5.75 Å². The number of halogens is 3. The summed E-state index contributed by atoms with van der Waals surface area (Å²) >= 11 is 0. The molecule has 1 atom stereocenters. The van der Waals surface area contributed by atoms with E-state index in [1.165, 1.54) is 12.1 Å². The van der Waals surface area contributed by atoms with Crippen LogP contribution in [-0.2, 0) is 11.0 Å². The van der Waals surface area contributed by atoms with Gasteiger partial charge < -0.3 is 9.84 Å². The van der Waals surface area contributed by atoms with E-state index in [0.29, 0.717) is 5.75 Å². The predicted molar refractivity (Wildman–Crippen MR) is 73.8 cm³/mol. The third-order valence-corrected chi connectivity index (χ3v) is 3.10. The van der Waals surface area contributed by atoms with Crippen LogP contribution in [0.1, 0.15) is 17.0 Å². The van der Waals surface area contributed by atoms with Crippen molar-refractivity contribution in [3.05, 3.63) is 65.7 Å². The molecule has 0 aliphatic heterocycles. The summed E-state index contributed by atoms with van der Waals surface area (Å²) in [4.78, 5) is 11.4. The van der Waals surface area contributed by atoms with Crippen LogP contribution in [0.3, 0.4) is 0 Å². The average Bonchev–Trinajstić information content (AvgIpc) is 2.47. The number of rotatable bonds is 5. The Morgan fingerprint density at radius 3 is 2.23 bits per heavy atom. The van der Waals surface area contributed by atoms with Crippen molar-refractivity contribution in [2.24, 2.45) is 0 Å². The zero-order valence-electron chi connectivity index (χ0n) is 11.4. The van der Waals surface area contributed by atoms with Gasteiger partial charge in [-0.15, -0.1) is 0 Å². The number of carboxylic acids is 1. The zero-order valence-corrected chi connectivity index (χ0v) is 11.4. The summed E-state index contributed by atoms with van der Waals surface area (Å²) in [6, 6.07) is 13.0. The number of aliphatic carboxylic acids is 1. The van der Waals surface area contributed by atoms with Gasteiger partial charge in [0.05, 0.1) is 5.56 Å². The maximum absolute atomic E-state index is 13.0. The SMILES string of the molecule is O=C(O)C(COc1ccccc1)c1ccccc1C(F)(F)F. The first kappa shape index (κ1) is 15.9. The van der Waals surface area contributed by atoms with Gasteiger partial charge in [-0.3, -0.25) is 4.79 Å². The second-order valence-corrected chi connectivity index (χ2v) is 4.60. The van der Waals surface area contributed by atoms with Gasteiger partial charge in [0.15, 0.2) is 0 Å². The monoisotopic (exact) mass is 310 g/mol. The third kappa shape index (κ3) is 3.78. The molecule has 0 aliphatic rings. The van der Waals surface area contributed by atoms with Crippen LogP contribution in [0, 0.1) is 0 Å². The Labute approximate surface area is 125 Å². The topological polar surface area (TPSA) is 46.5 Å². The van der Waals surface area contributed by atoms with Crippen LogP contribution >= 0.6 is 0 Å². The van der Waals surface area contributed by atoms with Crippen molar-refractivity contribution in [1.29, 1.82) is 0 Å². The molecule has 6 heteroatoms. The molecule has 0 aromatic heterocycles. The van der Waals surface area contributed by atoms with E-state index in [4.69, 9.17) is 4.74 Å². The Bertz CT molecular complexity index is 639. The number of alkyl halides is 3. The first-order valence-electron chi connectivity index (χ1n) is 6.46. The highest BCUT2D eigenvalue weighted by Gasteiger charge is 2.37. The van der Waals surface area contributed by atoms with Crippen molar-refractivity contribution in [2.75, 3.05) is 6.61 Å². The maximum Gasteiger partial charge on any atom is 0.416 e. The number of hydrogen-bond acceptors (Lipinski definition) is 2. The first-order chi connectivity index (χ1) is 10.4. The smallest absolute Gasteiger partial charge is 0.416 e. The zero-order chi connectivity index (χ0) is 16.2. The minimum Gasteiger partial charge on any atom is -0.492 e. The molecule has 116 valence electrons. The van der Waals surface area contributed by atoms with E-state index in [2.05, 4.69) is 0 Å². The summed E-state index contributed by atoms with van der Waals surface area (Å²) in [7, 11) is 0. The summed E-state index contributed by atoms with van der Waals surface area (Å²) in [5.41, 5.74) is -1.27. The van der Waals surface area contributed by atoms with Gasteiger partial charge in [-0.25, -0.2) is 0 Å². The van der Waals surface area contributed by atoms with E-state index in [1.807, 2.05) is 0 Å². The quantitative estimate of drug-likeness (QED) is 0.909. The fourth-order valence-corrected chi connectivity index (χ4v) is 2.05. The fraction of sp³-hybridized carbons (Fsp3) is 0.188. The van der Waals surface area contributed by atoms with Gasteiger partial charge in [-0.1, -0.05) is 36.4 Å². The van der Waals surface area contributed by atoms with Gasteiger partial charge in [-0.05, 0) is 23.8 Å². The van der Waals surface area contributed by atoms with Gasteiger partial charge >= 0.3 is 12.1 Å². The molecule has 0 heterocycles. The molecule has 0 fully saturated rings. The molecule has 22 heavy (non-hydrogen) atoms. The Morgan fingerprint density at radius 2 is 1.64 bits per heavy atom. The molecule has 0 saturated carbocycles. The maximum atomic E-state index is 13.0. The van der Waals surface area contributed by atoms with Crippen LogP contribution < -0.4 is 4.74 Å². The molecule has 0 saturated heterocycles. The number of hydrogen-bond donors (Lipinski definition) is 1. The molecule has 0 radical (unpaired) electrons. The van der Waals surface area contributed by atoms with Crippen molar-refractivity contribution in [1.82, 2.24) is 0 Å². The van der Waals surface area contributed by atoms with Crippen LogP contribution in [0.2, 0.25) is 0 Å². The molecule has 0 bridgehead atoms. The molecular weight excluding hydrogens is 297 g/mol. The number of benzene rings is 2. The molecule has 0 amide bonds. The van der Waals surface area contributed by atoms with Crippen molar-refractivity contribution in [3.63, 3.8) is 0 Å². The van der Waals surface area contributed by atoms with E-state index in [9.17, 15) is 23.1 Å². The first-order valence-corrected chi connectivity index (χ1v) is 6.46. The lowest BCUT2D eigenvalue weighted by atomic mass is 9.94. The molecule has 0 spiro atoms. The number of ether oxygens (including phenoxy) is 1. The molecule has 0 aliphatic carbocycles. The molecule has 1 unspecified atom stereocenters. The lowest BCUT2D eigenvalue weighted by Crippen LogP contribution is -2.23. The number of carbonyl (C=O) groups is 1. The Morgan fingerprint density at radius 1 is 1.05 bits per heavy atom. The summed E-state index contributed by atoms with van der Waals surface area (Å²) < 4.78 is 44.3. The van der Waals surface area contributed by atoms with Crippen LogP contribution in [0.4, 0.5) is 13.2 Å². The molecule has 2 aromatic carbocycles. The predicted octanol–water partition coefficient (Wildman–Crippen LogP) is 3.95. The van der Waals surface area contributed by atoms with Crippen molar-refractivity contribution < 1.29 is 27.8 Å². The third-order valence-electron chi connectivity index (χ3n) is 3.10. The standard InChI is InChI=1S/C16H13F3O3/c17-16(18,19)14-9-5-4-8-12(14)13(15(20)21)10-22-11-6-2-1-3-7-11/h1-9,13H,10H2,(H,20,21). The Balaban J connectivity index is 2.28. The highest BCUT2D eigenvalue weighted by molar-refractivity contribution is 5.77. The molecular formula is C16H13F3O3. The molecule has 1 N–H and O–H groups in total. The highest BCUT2D eigenvalue weighted by atomic mass is 19.4. The normalized spacial score (nSPS) is 12.7. The van der Waals surface area contributed by atoms with Gasteiger partial charge in [0.25, 0.3) is 0 Å². The molecule has 3 nitrogen and oxygen atoms in total. The molecule has 2 aromatic rings. The lowest BCUT2D eigenvalue weighted by Gasteiger charge is -2.19. The number of carboxylic acid groups (broad SMARTS) is 1. The van der Waals surface area contributed by atoms with Crippen LogP contribution in [-0.4, -0.2) is 17.7 Å². The summed E-state index contributed by atoms with van der Waals surface area (Å²) in [6.45, 7) is -0.383.